The Balaban J connectivity index is 5.20. The highest BCUT2D eigenvalue weighted by Gasteiger charge is 2.38. The van der Waals surface area contributed by atoms with Gasteiger partial charge in [-0.1, -0.05) is 20.8 Å². The summed E-state index contributed by atoms with van der Waals surface area (Å²) in [4.78, 5) is 112. The molecule has 0 aliphatic rings. The SMILES string of the molecule is CCCNC(=O)CNC(=O)CNC(=O)CN(CC(=O)O)C(=O)CNC(=O)CNC(C)(C(=O)CN(C[C@H](C)O)C(=O)CNC(=O)CN)C(C)C. The molecular formula is C29H51N9O11. The van der Waals surface area contributed by atoms with E-state index in [4.69, 9.17) is 5.73 Å². The number of hydrogen-bond donors (Lipinski definition) is 9. The Bertz CT molecular complexity index is 1200. The number of carboxylic acids is 1. The summed E-state index contributed by atoms with van der Waals surface area (Å²) in [6.45, 7) is 3.45. The number of rotatable bonds is 24. The lowest BCUT2D eigenvalue weighted by Gasteiger charge is -2.35. The van der Waals surface area contributed by atoms with Crippen LogP contribution >= 0.6 is 0 Å². The number of aliphatic carboxylic acids is 1. The van der Waals surface area contributed by atoms with Crippen molar-refractivity contribution in [2.75, 3.05) is 72.0 Å². The van der Waals surface area contributed by atoms with Crippen LogP contribution in [0.2, 0.25) is 0 Å². The summed E-state index contributed by atoms with van der Waals surface area (Å²) < 4.78 is 0. The second-order valence-electron chi connectivity index (χ2n) is 11.6. The largest absolute Gasteiger partial charge is 0.480 e. The normalized spacial score (nSPS) is 12.5. The Labute approximate surface area is 284 Å². The molecule has 2 atom stereocenters. The van der Waals surface area contributed by atoms with Crippen molar-refractivity contribution in [2.24, 2.45) is 11.7 Å². The van der Waals surface area contributed by atoms with E-state index in [1.807, 2.05) is 6.92 Å². The van der Waals surface area contributed by atoms with Gasteiger partial charge in [-0.3, -0.25) is 48.5 Å². The van der Waals surface area contributed by atoms with Crippen LogP contribution in [0.3, 0.4) is 0 Å². The van der Waals surface area contributed by atoms with Gasteiger partial charge in [0.1, 0.15) is 13.1 Å². The Kier molecular flexibility index (Phi) is 20.6. The molecule has 0 fully saturated rings. The number of hydrogen-bond acceptors (Lipinski definition) is 12. The molecular weight excluding hydrogens is 650 g/mol. The summed E-state index contributed by atoms with van der Waals surface area (Å²) in [5.41, 5.74) is 3.85. The highest BCUT2D eigenvalue weighted by Crippen LogP contribution is 2.18. The molecule has 10 N–H and O–H groups in total. The molecule has 0 aromatic heterocycles. The lowest BCUT2D eigenvalue weighted by Crippen LogP contribution is -2.60. The Morgan fingerprint density at radius 3 is 1.67 bits per heavy atom. The molecule has 49 heavy (non-hydrogen) atoms. The second kappa shape index (κ2) is 22.8. The molecule has 0 saturated carbocycles. The molecule has 0 aromatic carbocycles. The van der Waals surface area contributed by atoms with Gasteiger partial charge >= 0.3 is 5.97 Å². The maximum absolute atomic E-state index is 13.4. The second-order valence-corrected chi connectivity index (χ2v) is 11.6. The van der Waals surface area contributed by atoms with E-state index in [1.54, 1.807) is 13.8 Å². The summed E-state index contributed by atoms with van der Waals surface area (Å²) in [7, 11) is 0. The lowest BCUT2D eigenvalue weighted by molar-refractivity contribution is -0.145. The van der Waals surface area contributed by atoms with Gasteiger partial charge in [-0.2, -0.15) is 0 Å². The van der Waals surface area contributed by atoms with Gasteiger partial charge in [0.25, 0.3) is 0 Å². The molecule has 0 spiro atoms. The average Bonchev–Trinajstić information content (AvgIpc) is 3.03. The van der Waals surface area contributed by atoms with E-state index in [0.717, 1.165) is 4.90 Å². The van der Waals surface area contributed by atoms with Crippen LogP contribution in [0.15, 0.2) is 0 Å². The number of Topliss-reactive ketones (excluding diaryl/α,β-unsaturated/α-hetero) is 1. The summed E-state index contributed by atoms with van der Waals surface area (Å²) >= 11 is 0. The van der Waals surface area contributed by atoms with Gasteiger partial charge in [-0.05, 0) is 26.2 Å². The monoisotopic (exact) mass is 701 g/mol. The maximum Gasteiger partial charge on any atom is 0.323 e. The van der Waals surface area contributed by atoms with Crippen LogP contribution in [0, 0.1) is 5.92 Å². The molecule has 0 aliphatic heterocycles. The van der Waals surface area contributed by atoms with Gasteiger partial charge in [0.15, 0.2) is 5.78 Å². The molecule has 0 aromatic rings. The fourth-order valence-corrected chi connectivity index (χ4v) is 3.88. The number of aliphatic hydroxyl groups is 1. The first-order valence-corrected chi connectivity index (χ1v) is 15.6. The molecule has 0 rings (SSSR count). The molecule has 0 saturated heterocycles. The minimum atomic E-state index is -1.44. The zero-order valence-electron chi connectivity index (χ0n) is 28.7. The van der Waals surface area contributed by atoms with E-state index in [0.29, 0.717) is 17.9 Å². The van der Waals surface area contributed by atoms with Gasteiger partial charge in [0, 0.05) is 13.1 Å². The van der Waals surface area contributed by atoms with Gasteiger partial charge in [-0.15, -0.1) is 0 Å². The minimum absolute atomic E-state index is 0.213. The molecule has 278 valence electrons. The number of carbonyl (C=O) groups excluding carboxylic acids is 8. The third-order valence-corrected chi connectivity index (χ3v) is 7.06. The fourth-order valence-electron chi connectivity index (χ4n) is 3.88. The molecule has 20 nitrogen and oxygen atoms in total. The van der Waals surface area contributed by atoms with E-state index < -0.39 is 116 Å². The van der Waals surface area contributed by atoms with Crippen LogP contribution in [0.4, 0.5) is 0 Å². The van der Waals surface area contributed by atoms with Gasteiger partial charge < -0.3 is 52.3 Å². The van der Waals surface area contributed by atoms with E-state index in [1.165, 1.54) is 13.8 Å². The van der Waals surface area contributed by atoms with Crippen LogP contribution in [0.1, 0.15) is 41.0 Å². The summed E-state index contributed by atoms with van der Waals surface area (Å²) in [5, 5.41) is 33.5. The van der Waals surface area contributed by atoms with Crippen molar-refractivity contribution >= 4 is 53.1 Å². The number of carbonyl (C=O) groups is 9. The van der Waals surface area contributed by atoms with Crippen molar-refractivity contribution in [3.05, 3.63) is 0 Å². The van der Waals surface area contributed by atoms with Crippen LogP contribution in [-0.4, -0.2) is 157 Å². The first kappa shape index (κ1) is 44.3. The van der Waals surface area contributed by atoms with Crippen LogP contribution < -0.4 is 37.6 Å². The van der Waals surface area contributed by atoms with Crippen molar-refractivity contribution in [1.82, 2.24) is 41.7 Å². The molecule has 1 unspecified atom stereocenters. The predicted molar refractivity (Wildman–Crippen MR) is 173 cm³/mol. The fraction of sp³-hybridized carbons (Fsp3) is 0.690. The van der Waals surface area contributed by atoms with Gasteiger partial charge in [-0.25, -0.2) is 0 Å². The topological polar surface area (TPSA) is 299 Å². The first-order chi connectivity index (χ1) is 22.9. The number of carboxylic acid groups (broad SMARTS) is 1. The summed E-state index contributed by atoms with van der Waals surface area (Å²) in [6.07, 6.45) is -0.290. The number of ketones is 1. The standard InChI is InChI=1S/C29H51N9O11/c1-6-7-31-22(42)9-32-23(43)10-33-25(45)16-38(17-28(48)49)27(47)13-35-24(44)11-36-29(5,18(2)3)20(40)15-37(14-19(4)39)26(46)12-34-21(41)8-30/h18-19,36,39H,6-17,30H2,1-5H3,(H,31,42)(H,32,43)(H,33,45)(H,34,41)(H,35,44)(H,48,49)/t19-,29?/m0/s1. The Morgan fingerprint density at radius 2 is 1.16 bits per heavy atom. The number of nitrogens with zero attached hydrogens (tertiary/aromatic N) is 2. The van der Waals surface area contributed by atoms with E-state index in [2.05, 4.69) is 31.9 Å². The zero-order chi connectivity index (χ0) is 37.7. The van der Waals surface area contributed by atoms with E-state index >= 15 is 0 Å². The van der Waals surface area contributed by atoms with E-state index in [-0.39, 0.29) is 19.6 Å². The average molecular weight is 702 g/mol. The van der Waals surface area contributed by atoms with Crippen molar-refractivity contribution < 1.29 is 53.4 Å². The third-order valence-electron chi connectivity index (χ3n) is 7.06. The molecule has 0 bridgehead atoms. The van der Waals surface area contributed by atoms with Crippen LogP contribution in [0.25, 0.3) is 0 Å². The van der Waals surface area contributed by atoms with Gasteiger partial charge in [0.2, 0.25) is 41.4 Å². The molecule has 0 heterocycles. The Hall–Kier alpha value is -4.69. The number of nitrogens with two attached hydrogens (primary N) is 1. The molecule has 0 aliphatic carbocycles. The number of aliphatic hydroxyl groups excluding tert-OH is 1. The highest BCUT2D eigenvalue weighted by atomic mass is 16.4. The Morgan fingerprint density at radius 1 is 0.673 bits per heavy atom. The van der Waals surface area contributed by atoms with Crippen molar-refractivity contribution in [2.45, 2.75) is 52.7 Å². The van der Waals surface area contributed by atoms with Crippen molar-refractivity contribution in [1.29, 1.82) is 0 Å². The summed E-state index contributed by atoms with van der Waals surface area (Å²) in [6, 6.07) is 0. The first-order valence-electron chi connectivity index (χ1n) is 15.6. The van der Waals surface area contributed by atoms with Crippen molar-refractivity contribution in [3.63, 3.8) is 0 Å². The lowest BCUT2D eigenvalue weighted by atomic mass is 9.83. The minimum Gasteiger partial charge on any atom is -0.480 e. The zero-order valence-corrected chi connectivity index (χ0v) is 28.7. The smallest absolute Gasteiger partial charge is 0.323 e. The maximum atomic E-state index is 13.4. The third kappa shape index (κ3) is 18.4. The number of nitrogens with one attached hydrogen (secondary N) is 6. The molecule has 0 radical (unpaired) electrons. The van der Waals surface area contributed by atoms with Crippen molar-refractivity contribution in [3.8, 4) is 0 Å². The summed E-state index contributed by atoms with van der Waals surface area (Å²) in [5.74, 6) is -7.28. The highest BCUT2D eigenvalue weighted by molar-refractivity contribution is 5.95. The van der Waals surface area contributed by atoms with E-state index in [9.17, 15) is 53.4 Å². The molecule has 20 heteroatoms. The predicted octanol–water partition coefficient (Wildman–Crippen LogP) is -5.37. The van der Waals surface area contributed by atoms with Gasteiger partial charge in [0.05, 0.1) is 57.5 Å². The number of amides is 7. The van der Waals surface area contributed by atoms with Crippen LogP contribution in [-0.2, 0) is 43.2 Å². The quantitative estimate of drug-likeness (QED) is 0.0455. The van der Waals surface area contributed by atoms with Crippen LogP contribution in [0.5, 0.6) is 0 Å². The molecule has 7 amide bonds.